The first-order valence-corrected chi connectivity index (χ1v) is 9.79. The molecule has 0 saturated heterocycles. The fraction of sp³-hybridized carbons (Fsp3) is 1.00. The lowest BCUT2D eigenvalue weighted by Crippen LogP contribution is -2.42. The van der Waals surface area contributed by atoms with Crippen molar-refractivity contribution >= 4 is 0 Å². The van der Waals surface area contributed by atoms with E-state index < -0.39 is 0 Å². The van der Waals surface area contributed by atoms with Gasteiger partial charge in [0.15, 0.2) is 0 Å². The van der Waals surface area contributed by atoms with E-state index in [-0.39, 0.29) is 0 Å². The van der Waals surface area contributed by atoms with Crippen LogP contribution in [0.5, 0.6) is 0 Å². The summed E-state index contributed by atoms with van der Waals surface area (Å²) < 4.78 is 0. The first-order valence-electron chi connectivity index (χ1n) is 9.79. The average Bonchev–Trinajstić information content (AvgIpc) is 2.89. The largest absolute Gasteiger partial charge is 0.0591 e. The molecule has 20 heavy (non-hydrogen) atoms. The van der Waals surface area contributed by atoms with Crippen molar-refractivity contribution < 1.29 is 0 Å². The van der Waals surface area contributed by atoms with E-state index in [4.69, 9.17) is 0 Å². The lowest BCUT2D eigenvalue weighted by Gasteiger charge is -2.50. The highest BCUT2D eigenvalue weighted by Gasteiger charge is 2.54. The zero-order chi connectivity index (χ0) is 13.6. The molecule has 0 spiro atoms. The molecule has 4 aliphatic rings. The van der Waals surface area contributed by atoms with E-state index in [1.54, 1.807) is 64.2 Å². The van der Waals surface area contributed by atoms with E-state index in [9.17, 15) is 0 Å². The smallest absolute Gasteiger partial charge is 0.0266 e. The normalized spacial score (nSPS) is 49.6. The first-order chi connectivity index (χ1) is 9.79. The van der Waals surface area contributed by atoms with E-state index >= 15 is 0 Å². The van der Waals surface area contributed by atoms with Crippen LogP contribution in [0.1, 0.15) is 90.4 Å². The molecule has 0 aromatic rings. The second kappa shape index (κ2) is 5.33. The highest BCUT2D eigenvalue weighted by molar-refractivity contribution is 5.03. The minimum absolute atomic E-state index is 0.737. The van der Waals surface area contributed by atoms with Crippen LogP contribution in [0.3, 0.4) is 0 Å². The molecule has 0 amide bonds. The summed E-state index contributed by atoms with van der Waals surface area (Å²) >= 11 is 0. The molecule has 4 saturated carbocycles. The predicted molar refractivity (Wildman–Crippen MR) is 85.6 cm³/mol. The zero-order valence-electron chi connectivity index (χ0n) is 13.6. The van der Waals surface area contributed by atoms with Gasteiger partial charge in [-0.2, -0.15) is 0 Å². The van der Waals surface area contributed by atoms with Crippen molar-refractivity contribution in [1.82, 2.24) is 0 Å². The van der Waals surface area contributed by atoms with Crippen LogP contribution in [0.4, 0.5) is 0 Å². The van der Waals surface area contributed by atoms with Crippen molar-refractivity contribution in [2.24, 2.45) is 35.0 Å². The van der Waals surface area contributed by atoms with Gasteiger partial charge in [0.1, 0.15) is 0 Å². The van der Waals surface area contributed by atoms with Crippen LogP contribution in [0.15, 0.2) is 0 Å². The van der Waals surface area contributed by atoms with E-state index in [0.717, 1.165) is 35.0 Å². The van der Waals surface area contributed by atoms with E-state index in [2.05, 4.69) is 6.92 Å². The molecule has 0 aromatic carbocycles. The maximum Gasteiger partial charge on any atom is -0.0266 e. The summed E-state index contributed by atoms with van der Waals surface area (Å²) in [6, 6.07) is 0. The predicted octanol–water partition coefficient (Wildman–Crippen LogP) is 6.20. The van der Waals surface area contributed by atoms with Crippen LogP contribution in [-0.2, 0) is 0 Å². The minimum atomic E-state index is 0.737. The van der Waals surface area contributed by atoms with Gasteiger partial charge in [0.25, 0.3) is 0 Å². The molecule has 4 aliphatic carbocycles. The summed E-state index contributed by atoms with van der Waals surface area (Å²) in [4.78, 5) is 0. The van der Waals surface area contributed by atoms with E-state index in [1.165, 1.54) is 19.3 Å². The Bertz CT molecular complexity index is 340. The van der Waals surface area contributed by atoms with Gasteiger partial charge in [0.05, 0.1) is 0 Å². The molecule has 4 fully saturated rings. The third-order valence-corrected chi connectivity index (χ3v) is 8.23. The number of hydrogen-bond donors (Lipinski definition) is 0. The lowest BCUT2D eigenvalue weighted by molar-refractivity contribution is -0.00860. The SMILES string of the molecule is CC1(C2CCCCC2)CCCC2C3CCCCC3CC21. The van der Waals surface area contributed by atoms with Gasteiger partial charge in [-0.1, -0.05) is 51.9 Å². The van der Waals surface area contributed by atoms with Crippen LogP contribution in [0, 0.1) is 35.0 Å². The van der Waals surface area contributed by atoms with Gasteiger partial charge < -0.3 is 0 Å². The van der Waals surface area contributed by atoms with Gasteiger partial charge in [-0.3, -0.25) is 0 Å². The quantitative estimate of drug-likeness (QED) is 0.534. The van der Waals surface area contributed by atoms with Crippen LogP contribution >= 0.6 is 0 Å². The monoisotopic (exact) mass is 274 g/mol. The van der Waals surface area contributed by atoms with Gasteiger partial charge in [0.2, 0.25) is 0 Å². The number of rotatable bonds is 1. The molecule has 0 radical (unpaired) electrons. The first kappa shape index (κ1) is 13.6. The summed E-state index contributed by atoms with van der Waals surface area (Å²) in [5.41, 5.74) is 0.737. The van der Waals surface area contributed by atoms with Crippen LogP contribution in [0.2, 0.25) is 0 Å². The van der Waals surface area contributed by atoms with Crippen LogP contribution < -0.4 is 0 Å². The second-order valence-corrected chi connectivity index (χ2v) is 8.95. The topological polar surface area (TPSA) is 0 Å². The Hall–Kier alpha value is 0. The lowest BCUT2D eigenvalue weighted by atomic mass is 9.55. The summed E-state index contributed by atoms with van der Waals surface area (Å²) in [6.45, 7) is 2.73. The van der Waals surface area contributed by atoms with E-state index in [1.807, 2.05) is 0 Å². The molecular formula is C20H34. The van der Waals surface area contributed by atoms with E-state index in [0.29, 0.717) is 0 Å². The standard InChI is InChI=1S/C20H34/c1-20(16-9-3-2-4-10-16)13-7-12-18-17-11-6-5-8-15(17)14-19(18)20/h15-19H,2-14H2,1H3. The highest BCUT2D eigenvalue weighted by atomic mass is 14.6. The summed E-state index contributed by atoms with van der Waals surface area (Å²) in [6.07, 6.45) is 20.3. The molecular weight excluding hydrogens is 240 g/mol. The second-order valence-electron chi connectivity index (χ2n) is 8.95. The Morgan fingerprint density at radius 3 is 2.25 bits per heavy atom. The molecule has 0 N–H and O–H groups in total. The molecule has 0 aromatic heterocycles. The molecule has 4 rings (SSSR count). The highest BCUT2D eigenvalue weighted by Crippen LogP contribution is 2.63. The van der Waals surface area contributed by atoms with Crippen molar-refractivity contribution in [1.29, 1.82) is 0 Å². The molecule has 0 aliphatic heterocycles. The molecule has 0 nitrogen and oxygen atoms in total. The maximum atomic E-state index is 2.73. The molecule has 114 valence electrons. The van der Waals surface area contributed by atoms with Crippen molar-refractivity contribution in [3.8, 4) is 0 Å². The Morgan fingerprint density at radius 2 is 1.40 bits per heavy atom. The van der Waals surface area contributed by atoms with Gasteiger partial charge in [0, 0.05) is 0 Å². The van der Waals surface area contributed by atoms with Crippen LogP contribution in [0.25, 0.3) is 0 Å². The van der Waals surface area contributed by atoms with Gasteiger partial charge in [-0.25, -0.2) is 0 Å². The number of hydrogen-bond acceptors (Lipinski definition) is 0. The molecule has 5 atom stereocenters. The maximum absolute atomic E-state index is 2.73. The van der Waals surface area contributed by atoms with Crippen molar-refractivity contribution in [3.63, 3.8) is 0 Å². The van der Waals surface area contributed by atoms with Gasteiger partial charge >= 0.3 is 0 Å². The summed E-state index contributed by atoms with van der Waals surface area (Å²) in [7, 11) is 0. The van der Waals surface area contributed by atoms with Crippen molar-refractivity contribution in [3.05, 3.63) is 0 Å². The fourth-order valence-corrected chi connectivity index (χ4v) is 7.24. The Balaban J connectivity index is 1.57. The third-order valence-electron chi connectivity index (χ3n) is 8.23. The van der Waals surface area contributed by atoms with Crippen molar-refractivity contribution in [2.75, 3.05) is 0 Å². The van der Waals surface area contributed by atoms with Gasteiger partial charge in [-0.15, -0.1) is 0 Å². The molecule has 0 heteroatoms. The van der Waals surface area contributed by atoms with Gasteiger partial charge in [-0.05, 0) is 73.5 Å². The Labute approximate surface area is 126 Å². The Kier molecular flexibility index (Phi) is 3.63. The van der Waals surface area contributed by atoms with Crippen LogP contribution in [-0.4, -0.2) is 0 Å². The Morgan fingerprint density at radius 1 is 0.700 bits per heavy atom. The summed E-state index contributed by atoms with van der Waals surface area (Å²) in [5, 5.41) is 0. The summed E-state index contributed by atoms with van der Waals surface area (Å²) in [5.74, 6) is 5.63. The van der Waals surface area contributed by atoms with Crippen molar-refractivity contribution in [2.45, 2.75) is 90.4 Å². The number of fused-ring (bicyclic) bond motifs is 3. The minimum Gasteiger partial charge on any atom is -0.0591 e. The average molecular weight is 274 g/mol. The molecule has 0 heterocycles. The third kappa shape index (κ3) is 2.08. The zero-order valence-corrected chi connectivity index (χ0v) is 13.6. The fourth-order valence-electron chi connectivity index (χ4n) is 7.24. The molecule has 5 unspecified atom stereocenters. The molecule has 0 bridgehead atoms.